The number of alkyl halides is 3. The van der Waals surface area contributed by atoms with Gasteiger partial charge in [0.25, 0.3) is 0 Å². The molecule has 3 aromatic rings. The standard InChI is InChI=1S/C21H17ClF3NO3/c1-28-20(27)16-7-6-15(11-2-3-11)17(19(16)22)9-13-8-12-4-5-14(10-18(12)26-13)29-21(23,24)25/h4-8,10-11,26H,2-3,9H2,1H3. The van der Waals surface area contributed by atoms with Crippen LogP contribution in [0.5, 0.6) is 5.75 Å². The summed E-state index contributed by atoms with van der Waals surface area (Å²) in [6.45, 7) is 0. The van der Waals surface area contributed by atoms with E-state index in [9.17, 15) is 18.0 Å². The zero-order chi connectivity index (χ0) is 20.8. The van der Waals surface area contributed by atoms with Crippen LogP contribution in [0.4, 0.5) is 13.2 Å². The number of carbonyl (C=O) groups excluding carboxylic acids is 1. The molecule has 0 radical (unpaired) electrons. The molecule has 1 aliphatic carbocycles. The van der Waals surface area contributed by atoms with Crippen LogP contribution in [0.25, 0.3) is 10.9 Å². The summed E-state index contributed by atoms with van der Waals surface area (Å²) in [5.74, 6) is -0.391. The summed E-state index contributed by atoms with van der Waals surface area (Å²) in [6.07, 6.45) is -2.21. The Labute approximate surface area is 169 Å². The Morgan fingerprint density at radius 3 is 2.62 bits per heavy atom. The van der Waals surface area contributed by atoms with E-state index in [1.165, 1.54) is 19.2 Å². The van der Waals surface area contributed by atoms with Crippen molar-refractivity contribution in [1.29, 1.82) is 0 Å². The van der Waals surface area contributed by atoms with Crippen molar-refractivity contribution >= 4 is 28.5 Å². The Balaban J connectivity index is 1.69. The van der Waals surface area contributed by atoms with E-state index < -0.39 is 12.3 Å². The first-order valence-electron chi connectivity index (χ1n) is 9.02. The van der Waals surface area contributed by atoms with E-state index in [4.69, 9.17) is 16.3 Å². The quantitative estimate of drug-likeness (QED) is 0.514. The molecule has 1 saturated carbocycles. The van der Waals surface area contributed by atoms with E-state index in [1.54, 1.807) is 12.1 Å². The summed E-state index contributed by atoms with van der Waals surface area (Å²) in [7, 11) is 1.30. The molecule has 0 amide bonds. The lowest BCUT2D eigenvalue weighted by molar-refractivity contribution is -0.274. The predicted octanol–water partition coefficient (Wildman–Crippen LogP) is 5.97. The average molecular weight is 424 g/mol. The molecule has 4 nitrogen and oxygen atoms in total. The Hall–Kier alpha value is -2.67. The van der Waals surface area contributed by atoms with Crippen LogP contribution < -0.4 is 4.74 Å². The van der Waals surface area contributed by atoms with E-state index in [0.717, 1.165) is 35.0 Å². The van der Waals surface area contributed by atoms with Crippen LogP contribution in [0.1, 0.15) is 45.9 Å². The lowest BCUT2D eigenvalue weighted by Crippen LogP contribution is -2.16. The Bertz CT molecular complexity index is 1090. The number of halogens is 4. The number of fused-ring (bicyclic) bond motifs is 1. The molecule has 29 heavy (non-hydrogen) atoms. The molecule has 0 aliphatic heterocycles. The van der Waals surface area contributed by atoms with Crippen molar-refractivity contribution < 1.29 is 27.4 Å². The second kappa shape index (κ2) is 7.30. The number of aromatic nitrogens is 1. The van der Waals surface area contributed by atoms with Crippen molar-refractivity contribution in [2.24, 2.45) is 0 Å². The van der Waals surface area contributed by atoms with Gasteiger partial charge < -0.3 is 14.5 Å². The minimum Gasteiger partial charge on any atom is -0.465 e. The van der Waals surface area contributed by atoms with Gasteiger partial charge in [-0.1, -0.05) is 17.7 Å². The summed E-state index contributed by atoms with van der Waals surface area (Å²) < 4.78 is 46.1. The average Bonchev–Trinajstić information content (AvgIpc) is 3.41. The molecule has 4 rings (SSSR count). The number of carbonyl (C=O) groups is 1. The van der Waals surface area contributed by atoms with Crippen molar-refractivity contribution in [3.05, 3.63) is 63.8 Å². The maximum Gasteiger partial charge on any atom is 0.573 e. The van der Waals surface area contributed by atoms with Gasteiger partial charge in [-0.2, -0.15) is 0 Å². The molecule has 1 fully saturated rings. The minimum absolute atomic E-state index is 0.289. The zero-order valence-electron chi connectivity index (χ0n) is 15.4. The van der Waals surface area contributed by atoms with Crippen molar-refractivity contribution in [1.82, 2.24) is 4.98 Å². The molecule has 2 aromatic carbocycles. The van der Waals surface area contributed by atoms with Crippen LogP contribution in [0.15, 0.2) is 36.4 Å². The number of nitrogens with one attached hydrogen (secondary N) is 1. The number of H-pyrrole nitrogens is 1. The first-order valence-corrected chi connectivity index (χ1v) is 9.40. The first kappa shape index (κ1) is 19.6. The highest BCUT2D eigenvalue weighted by Gasteiger charge is 2.31. The summed E-state index contributed by atoms with van der Waals surface area (Å²) in [6, 6.07) is 9.57. The maximum absolute atomic E-state index is 12.5. The van der Waals surface area contributed by atoms with Gasteiger partial charge in [0.15, 0.2) is 0 Å². The number of aromatic amines is 1. The van der Waals surface area contributed by atoms with Crippen molar-refractivity contribution in [3.8, 4) is 5.75 Å². The van der Waals surface area contributed by atoms with Gasteiger partial charge >= 0.3 is 12.3 Å². The van der Waals surface area contributed by atoms with Gasteiger partial charge in [0, 0.05) is 23.7 Å². The summed E-state index contributed by atoms with van der Waals surface area (Å²) in [5.41, 5.74) is 3.51. The molecule has 0 spiro atoms. The largest absolute Gasteiger partial charge is 0.573 e. The van der Waals surface area contributed by atoms with E-state index >= 15 is 0 Å². The van der Waals surface area contributed by atoms with Gasteiger partial charge in [-0.25, -0.2) is 4.79 Å². The van der Waals surface area contributed by atoms with E-state index in [1.807, 2.05) is 12.1 Å². The van der Waals surface area contributed by atoms with Crippen LogP contribution in [0.2, 0.25) is 5.02 Å². The second-order valence-corrected chi connectivity index (χ2v) is 7.41. The highest BCUT2D eigenvalue weighted by molar-refractivity contribution is 6.34. The summed E-state index contributed by atoms with van der Waals surface area (Å²) in [4.78, 5) is 15.1. The van der Waals surface area contributed by atoms with Crippen LogP contribution >= 0.6 is 11.6 Å². The molecule has 1 aliphatic rings. The Morgan fingerprint density at radius 2 is 1.97 bits per heavy atom. The summed E-state index contributed by atoms with van der Waals surface area (Å²) >= 11 is 6.55. The maximum atomic E-state index is 12.5. The van der Waals surface area contributed by atoms with Gasteiger partial charge in [-0.05, 0) is 59.5 Å². The highest BCUT2D eigenvalue weighted by Crippen LogP contribution is 2.44. The molecular formula is C21H17ClF3NO3. The number of rotatable bonds is 5. The Kier molecular flexibility index (Phi) is 4.94. The molecule has 1 N–H and O–H groups in total. The predicted molar refractivity (Wildman–Crippen MR) is 103 cm³/mol. The third kappa shape index (κ3) is 4.19. The van der Waals surface area contributed by atoms with E-state index in [2.05, 4.69) is 9.72 Å². The fourth-order valence-electron chi connectivity index (χ4n) is 3.51. The molecule has 1 heterocycles. The zero-order valence-corrected chi connectivity index (χ0v) is 16.2. The number of hydrogen-bond donors (Lipinski definition) is 1. The SMILES string of the molecule is COC(=O)c1ccc(C2CC2)c(Cc2cc3ccc(OC(F)(F)F)cc3[nH]2)c1Cl. The molecule has 0 unspecified atom stereocenters. The normalized spacial score (nSPS) is 14.2. The molecule has 0 saturated heterocycles. The number of benzene rings is 2. The molecule has 0 atom stereocenters. The topological polar surface area (TPSA) is 51.3 Å². The lowest BCUT2D eigenvalue weighted by atomic mass is 9.96. The highest BCUT2D eigenvalue weighted by atomic mass is 35.5. The lowest BCUT2D eigenvalue weighted by Gasteiger charge is -2.13. The van der Waals surface area contributed by atoms with Crippen molar-refractivity contribution in [3.63, 3.8) is 0 Å². The summed E-state index contributed by atoms with van der Waals surface area (Å²) in [5, 5.41) is 1.10. The second-order valence-electron chi connectivity index (χ2n) is 7.03. The third-order valence-corrected chi connectivity index (χ3v) is 5.38. The van der Waals surface area contributed by atoms with E-state index in [0.29, 0.717) is 28.4 Å². The fourth-order valence-corrected chi connectivity index (χ4v) is 3.83. The number of ether oxygens (including phenoxy) is 2. The van der Waals surface area contributed by atoms with Gasteiger partial charge in [-0.15, -0.1) is 13.2 Å². The van der Waals surface area contributed by atoms with Gasteiger partial charge in [0.1, 0.15) is 5.75 Å². The van der Waals surface area contributed by atoms with E-state index in [-0.39, 0.29) is 5.75 Å². The number of hydrogen-bond acceptors (Lipinski definition) is 3. The molecule has 1 aromatic heterocycles. The van der Waals surface area contributed by atoms with Gasteiger partial charge in [0.2, 0.25) is 0 Å². The van der Waals surface area contributed by atoms with Crippen LogP contribution in [0, 0.1) is 0 Å². The molecule has 8 heteroatoms. The monoisotopic (exact) mass is 423 g/mol. The smallest absolute Gasteiger partial charge is 0.465 e. The van der Waals surface area contributed by atoms with Crippen molar-refractivity contribution in [2.45, 2.75) is 31.5 Å². The van der Waals surface area contributed by atoms with Gasteiger partial charge in [0.05, 0.1) is 17.7 Å². The molecule has 0 bridgehead atoms. The number of esters is 1. The molecule has 152 valence electrons. The fraction of sp³-hybridized carbons (Fsp3) is 0.286. The van der Waals surface area contributed by atoms with Crippen LogP contribution in [-0.4, -0.2) is 24.4 Å². The van der Waals surface area contributed by atoms with Gasteiger partial charge in [-0.3, -0.25) is 0 Å². The van der Waals surface area contributed by atoms with Crippen LogP contribution in [-0.2, 0) is 11.2 Å². The minimum atomic E-state index is -4.75. The third-order valence-electron chi connectivity index (χ3n) is 4.95. The number of methoxy groups -OCH3 is 1. The van der Waals surface area contributed by atoms with Crippen molar-refractivity contribution in [2.75, 3.05) is 7.11 Å². The van der Waals surface area contributed by atoms with Crippen LogP contribution in [0.3, 0.4) is 0 Å². The first-order chi connectivity index (χ1) is 13.7. The molecular weight excluding hydrogens is 407 g/mol. The Morgan fingerprint density at radius 1 is 1.21 bits per heavy atom.